The molecule has 2 aromatic heterocycles. The van der Waals surface area contributed by atoms with E-state index in [1.54, 1.807) is 18.3 Å². The molecule has 0 saturated carbocycles. The number of amides is 1. The normalized spacial score (nSPS) is 10.9. The van der Waals surface area contributed by atoms with Crippen molar-refractivity contribution in [3.63, 3.8) is 0 Å². The van der Waals surface area contributed by atoms with E-state index in [-0.39, 0.29) is 11.4 Å². The monoisotopic (exact) mass is 434 g/mol. The highest BCUT2D eigenvalue weighted by Crippen LogP contribution is 2.28. The highest BCUT2D eigenvalue weighted by molar-refractivity contribution is 7.18. The Bertz CT molecular complexity index is 1250. The molecule has 9 nitrogen and oxygen atoms in total. The molecule has 0 radical (unpaired) electrons. The molecule has 10 heteroatoms. The highest BCUT2D eigenvalue weighted by Gasteiger charge is 2.15. The summed E-state index contributed by atoms with van der Waals surface area (Å²) >= 11 is 1.27. The summed E-state index contributed by atoms with van der Waals surface area (Å²) in [7, 11) is 0. The molecular weight excluding hydrogens is 416 g/mol. The SMILES string of the molecule is CC(C)c1ccc(-c2nnc(NC(=O)c3ccn(-c4cccc([N+](=O)[O-])c4)n3)s2)cc1. The first-order valence-electron chi connectivity index (χ1n) is 9.46. The van der Waals surface area contributed by atoms with Gasteiger partial charge in [0.25, 0.3) is 11.6 Å². The van der Waals surface area contributed by atoms with Crippen molar-refractivity contribution in [2.24, 2.45) is 0 Å². The van der Waals surface area contributed by atoms with Crippen molar-refractivity contribution in [3.05, 3.63) is 82.2 Å². The van der Waals surface area contributed by atoms with Crippen LogP contribution >= 0.6 is 11.3 Å². The van der Waals surface area contributed by atoms with Crippen LogP contribution in [-0.4, -0.2) is 30.8 Å². The summed E-state index contributed by atoms with van der Waals surface area (Å²) in [6.45, 7) is 4.27. The summed E-state index contributed by atoms with van der Waals surface area (Å²) < 4.78 is 1.41. The number of nitrogens with zero attached hydrogens (tertiary/aromatic N) is 5. The smallest absolute Gasteiger partial charge is 0.277 e. The highest BCUT2D eigenvalue weighted by atomic mass is 32.1. The zero-order valence-electron chi connectivity index (χ0n) is 16.7. The van der Waals surface area contributed by atoms with E-state index in [2.05, 4.69) is 46.6 Å². The minimum atomic E-state index is -0.482. The summed E-state index contributed by atoms with van der Waals surface area (Å²) in [6, 6.07) is 15.6. The van der Waals surface area contributed by atoms with Crippen LogP contribution in [0.3, 0.4) is 0 Å². The van der Waals surface area contributed by atoms with Gasteiger partial charge in [0.1, 0.15) is 5.01 Å². The number of nitro groups is 1. The van der Waals surface area contributed by atoms with E-state index in [0.717, 1.165) is 5.56 Å². The second-order valence-electron chi connectivity index (χ2n) is 7.07. The van der Waals surface area contributed by atoms with Crippen LogP contribution in [0.25, 0.3) is 16.3 Å². The van der Waals surface area contributed by atoms with E-state index in [4.69, 9.17) is 0 Å². The Morgan fingerprint density at radius 3 is 2.61 bits per heavy atom. The van der Waals surface area contributed by atoms with Gasteiger partial charge in [-0.05, 0) is 23.6 Å². The van der Waals surface area contributed by atoms with Crippen molar-refractivity contribution in [2.45, 2.75) is 19.8 Å². The average molecular weight is 434 g/mol. The van der Waals surface area contributed by atoms with Crippen LogP contribution in [0.4, 0.5) is 10.8 Å². The van der Waals surface area contributed by atoms with E-state index in [1.165, 1.54) is 39.8 Å². The molecule has 0 unspecified atom stereocenters. The van der Waals surface area contributed by atoms with Gasteiger partial charge >= 0.3 is 0 Å². The number of hydrogen-bond donors (Lipinski definition) is 1. The molecule has 1 N–H and O–H groups in total. The molecule has 0 spiro atoms. The fraction of sp³-hybridized carbons (Fsp3) is 0.143. The Kier molecular flexibility index (Phi) is 5.54. The molecular formula is C21H18N6O3S. The van der Waals surface area contributed by atoms with Crippen LogP contribution in [0.1, 0.15) is 35.8 Å². The number of aromatic nitrogens is 4. The number of carbonyl (C=O) groups excluding carboxylic acids is 1. The minimum Gasteiger partial charge on any atom is -0.295 e. The maximum Gasteiger partial charge on any atom is 0.277 e. The molecule has 2 heterocycles. The summed E-state index contributed by atoms with van der Waals surface area (Å²) in [5, 5.41) is 27.1. The molecule has 0 fully saturated rings. The topological polar surface area (TPSA) is 116 Å². The quantitative estimate of drug-likeness (QED) is 0.348. The molecule has 156 valence electrons. The van der Waals surface area contributed by atoms with E-state index < -0.39 is 10.8 Å². The van der Waals surface area contributed by atoms with E-state index in [9.17, 15) is 14.9 Å². The number of nitro benzene ring substituents is 1. The van der Waals surface area contributed by atoms with Crippen molar-refractivity contribution in [2.75, 3.05) is 5.32 Å². The minimum absolute atomic E-state index is 0.0539. The van der Waals surface area contributed by atoms with Gasteiger partial charge in [0.2, 0.25) is 5.13 Å². The Morgan fingerprint density at radius 1 is 1.13 bits per heavy atom. The molecule has 2 aromatic carbocycles. The lowest BCUT2D eigenvalue weighted by molar-refractivity contribution is -0.384. The van der Waals surface area contributed by atoms with Crippen LogP contribution in [0.5, 0.6) is 0 Å². The Hall–Kier alpha value is -3.92. The lowest BCUT2D eigenvalue weighted by Gasteiger charge is -2.04. The first kappa shape index (κ1) is 20.4. The van der Waals surface area contributed by atoms with E-state index in [1.807, 2.05) is 12.1 Å². The second kappa shape index (κ2) is 8.44. The Balaban J connectivity index is 1.47. The summed E-state index contributed by atoms with van der Waals surface area (Å²) in [6.07, 6.45) is 1.57. The maximum atomic E-state index is 12.5. The molecule has 4 rings (SSSR count). The summed E-state index contributed by atoms with van der Waals surface area (Å²) in [4.78, 5) is 23.0. The van der Waals surface area contributed by atoms with Gasteiger partial charge in [-0.2, -0.15) is 5.10 Å². The first-order valence-corrected chi connectivity index (χ1v) is 10.3. The molecule has 0 atom stereocenters. The Labute approximate surface area is 181 Å². The molecule has 4 aromatic rings. The van der Waals surface area contributed by atoms with Crippen molar-refractivity contribution < 1.29 is 9.72 Å². The number of benzene rings is 2. The van der Waals surface area contributed by atoms with E-state index in [0.29, 0.717) is 21.7 Å². The molecule has 31 heavy (non-hydrogen) atoms. The standard InChI is InChI=1S/C21H18N6O3S/c1-13(2)14-6-8-15(9-7-14)20-23-24-21(31-20)22-19(28)18-10-11-26(25-18)16-4-3-5-17(12-16)27(29)30/h3-13H,1-2H3,(H,22,24,28). The third-order valence-electron chi connectivity index (χ3n) is 4.60. The van der Waals surface area contributed by atoms with Gasteiger partial charge in [0.15, 0.2) is 5.69 Å². The summed E-state index contributed by atoms with van der Waals surface area (Å²) in [5.74, 6) is 0.00202. The van der Waals surface area contributed by atoms with Gasteiger partial charge < -0.3 is 0 Å². The van der Waals surface area contributed by atoms with Crippen LogP contribution < -0.4 is 5.32 Å². The largest absolute Gasteiger partial charge is 0.295 e. The van der Waals surface area contributed by atoms with Gasteiger partial charge in [0, 0.05) is 23.9 Å². The fourth-order valence-electron chi connectivity index (χ4n) is 2.90. The van der Waals surface area contributed by atoms with Crippen molar-refractivity contribution in [1.29, 1.82) is 0 Å². The molecule has 0 aliphatic carbocycles. The van der Waals surface area contributed by atoms with E-state index >= 15 is 0 Å². The number of hydrogen-bond acceptors (Lipinski definition) is 7. The zero-order valence-corrected chi connectivity index (χ0v) is 17.5. The zero-order chi connectivity index (χ0) is 22.0. The lowest BCUT2D eigenvalue weighted by Crippen LogP contribution is -2.13. The predicted octanol–water partition coefficient (Wildman–Crippen LogP) is 4.67. The van der Waals surface area contributed by atoms with Crippen LogP contribution in [0, 0.1) is 10.1 Å². The fourth-order valence-corrected chi connectivity index (χ4v) is 3.64. The average Bonchev–Trinajstić information content (AvgIpc) is 3.44. The molecule has 0 bridgehead atoms. The third kappa shape index (κ3) is 4.48. The molecule has 0 aliphatic rings. The molecule has 0 saturated heterocycles. The van der Waals surface area contributed by atoms with Gasteiger partial charge in [-0.15, -0.1) is 10.2 Å². The van der Waals surface area contributed by atoms with Gasteiger partial charge in [0.05, 0.1) is 10.6 Å². The third-order valence-corrected chi connectivity index (χ3v) is 5.48. The van der Waals surface area contributed by atoms with Crippen molar-refractivity contribution in [3.8, 4) is 16.3 Å². The second-order valence-corrected chi connectivity index (χ2v) is 8.04. The molecule has 1 amide bonds. The number of carbonyl (C=O) groups is 1. The van der Waals surface area contributed by atoms with Gasteiger partial charge in [-0.1, -0.05) is 55.5 Å². The van der Waals surface area contributed by atoms with Crippen LogP contribution in [-0.2, 0) is 0 Å². The summed E-state index contributed by atoms with van der Waals surface area (Å²) in [5.41, 5.74) is 2.75. The molecule has 0 aliphatic heterocycles. The van der Waals surface area contributed by atoms with Gasteiger partial charge in [-0.3, -0.25) is 20.2 Å². The first-order chi connectivity index (χ1) is 14.9. The van der Waals surface area contributed by atoms with Crippen LogP contribution in [0.15, 0.2) is 60.8 Å². The predicted molar refractivity (Wildman–Crippen MR) is 118 cm³/mol. The Morgan fingerprint density at radius 2 is 1.90 bits per heavy atom. The number of anilines is 1. The number of nitrogens with one attached hydrogen (secondary N) is 1. The number of rotatable bonds is 6. The number of non-ortho nitro benzene ring substituents is 1. The maximum absolute atomic E-state index is 12.5. The van der Waals surface area contributed by atoms with Crippen molar-refractivity contribution >= 4 is 28.1 Å². The van der Waals surface area contributed by atoms with Gasteiger partial charge in [-0.25, -0.2) is 4.68 Å². The van der Waals surface area contributed by atoms with Crippen molar-refractivity contribution in [1.82, 2.24) is 20.0 Å². The lowest BCUT2D eigenvalue weighted by atomic mass is 10.0. The van der Waals surface area contributed by atoms with Crippen LogP contribution in [0.2, 0.25) is 0 Å².